The van der Waals surface area contributed by atoms with Gasteiger partial charge in [0.25, 0.3) is 0 Å². The molecular weight excluding hydrogens is 719 g/mol. The molecule has 1 heterocycles. The van der Waals surface area contributed by atoms with Crippen molar-refractivity contribution in [2.45, 2.75) is 25.2 Å². The number of nitrogens with zero attached hydrogens (tertiary/aromatic N) is 1. The highest BCUT2D eigenvalue weighted by molar-refractivity contribution is 7.26. The van der Waals surface area contributed by atoms with Crippen LogP contribution in [-0.2, 0) is 0 Å². The van der Waals surface area contributed by atoms with E-state index >= 15 is 0 Å². The fourth-order valence-electron chi connectivity index (χ4n) is 9.78. The maximum absolute atomic E-state index is 2.51. The first-order valence-electron chi connectivity index (χ1n) is 20.7. The molecule has 0 spiro atoms. The minimum atomic E-state index is 0.492. The lowest BCUT2D eigenvalue weighted by atomic mass is 9.66. The van der Waals surface area contributed by atoms with E-state index < -0.39 is 0 Å². The first-order chi connectivity index (χ1) is 28.7. The molecular formula is C56H43NS. The molecule has 0 amide bonds. The predicted molar refractivity (Wildman–Crippen MR) is 250 cm³/mol. The molecule has 1 fully saturated rings. The number of hydrogen-bond donors (Lipinski definition) is 0. The summed E-state index contributed by atoms with van der Waals surface area (Å²) in [5.74, 6) is 1.65. The number of rotatable bonds is 7. The summed E-state index contributed by atoms with van der Waals surface area (Å²) >= 11 is 1.88. The van der Waals surface area contributed by atoms with Gasteiger partial charge in [-0.15, -0.1) is 11.3 Å². The molecule has 0 saturated heterocycles. The van der Waals surface area contributed by atoms with Gasteiger partial charge in [-0.05, 0) is 123 Å². The largest absolute Gasteiger partial charge is 0.310 e. The van der Waals surface area contributed by atoms with Gasteiger partial charge in [0.1, 0.15) is 0 Å². The summed E-state index contributed by atoms with van der Waals surface area (Å²) in [6.45, 7) is 0. The number of allylic oxidation sites excluding steroid dienone is 4. The minimum absolute atomic E-state index is 0.492. The third-order valence-corrected chi connectivity index (χ3v) is 13.9. The molecule has 1 aromatic heterocycles. The lowest BCUT2D eigenvalue weighted by Gasteiger charge is -2.38. The number of anilines is 3. The minimum Gasteiger partial charge on any atom is -0.310 e. The Bertz CT molecular complexity index is 2990. The van der Waals surface area contributed by atoms with E-state index in [1.54, 1.807) is 0 Å². The molecule has 0 bridgehead atoms. The van der Waals surface area contributed by atoms with Gasteiger partial charge in [0.05, 0.1) is 0 Å². The molecule has 3 unspecified atom stereocenters. The van der Waals surface area contributed by atoms with E-state index in [0.29, 0.717) is 17.8 Å². The van der Waals surface area contributed by atoms with Gasteiger partial charge in [0, 0.05) is 37.2 Å². The van der Waals surface area contributed by atoms with Crippen molar-refractivity contribution in [3.63, 3.8) is 0 Å². The van der Waals surface area contributed by atoms with Crippen LogP contribution in [0.4, 0.5) is 17.1 Å². The Morgan fingerprint density at radius 1 is 0.448 bits per heavy atom. The second-order valence-corrected chi connectivity index (χ2v) is 17.0. The first kappa shape index (κ1) is 34.7. The molecule has 2 aliphatic carbocycles. The Kier molecular flexibility index (Phi) is 8.86. The van der Waals surface area contributed by atoms with E-state index in [4.69, 9.17) is 0 Å². The summed E-state index contributed by atoms with van der Waals surface area (Å²) in [5, 5.41) is 5.13. The van der Waals surface area contributed by atoms with Crippen molar-refractivity contribution in [2.75, 3.05) is 4.90 Å². The molecule has 1 saturated carbocycles. The fourth-order valence-corrected chi connectivity index (χ4v) is 11.0. The molecule has 0 N–H and O–H groups in total. The van der Waals surface area contributed by atoms with E-state index in [1.807, 2.05) is 11.3 Å². The maximum atomic E-state index is 2.51. The van der Waals surface area contributed by atoms with Crippen molar-refractivity contribution < 1.29 is 0 Å². The summed E-state index contributed by atoms with van der Waals surface area (Å²) in [4.78, 5) is 2.40. The SMILES string of the molecule is C1=CC2CCCC(c3cc(-c4ccc(N(c5ccc(-c6cccc7c6sc6ccccc67)cc5)c5ccc6ccccc6c5)cc4)ccc3-c3ccccc3)C2C=C1. The van der Waals surface area contributed by atoms with Gasteiger partial charge in [-0.25, -0.2) is 0 Å². The zero-order chi connectivity index (χ0) is 38.4. The fraction of sp³-hybridized carbons (Fsp3) is 0.107. The highest BCUT2D eigenvalue weighted by Crippen LogP contribution is 2.48. The number of benzene rings is 8. The van der Waals surface area contributed by atoms with Crippen LogP contribution < -0.4 is 4.90 Å². The highest BCUT2D eigenvalue weighted by atomic mass is 32.1. The van der Waals surface area contributed by atoms with Gasteiger partial charge in [0.2, 0.25) is 0 Å². The Hall–Kier alpha value is -6.48. The van der Waals surface area contributed by atoms with Crippen LogP contribution in [0.2, 0.25) is 0 Å². The van der Waals surface area contributed by atoms with Gasteiger partial charge in [0.15, 0.2) is 0 Å². The van der Waals surface area contributed by atoms with Crippen LogP contribution in [0.3, 0.4) is 0 Å². The van der Waals surface area contributed by atoms with Gasteiger partial charge < -0.3 is 4.90 Å². The summed E-state index contributed by atoms with van der Waals surface area (Å²) < 4.78 is 2.67. The van der Waals surface area contributed by atoms with Crippen molar-refractivity contribution in [3.05, 3.63) is 212 Å². The summed E-state index contributed by atoms with van der Waals surface area (Å²) in [6.07, 6.45) is 13.2. The van der Waals surface area contributed by atoms with Gasteiger partial charge in [-0.2, -0.15) is 0 Å². The molecule has 2 aliphatic rings. The number of hydrogen-bond acceptors (Lipinski definition) is 2. The molecule has 0 aliphatic heterocycles. The van der Waals surface area contributed by atoms with Crippen molar-refractivity contribution >= 4 is 59.3 Å². The van der Waals surface area contributed by atoms with Crippen LogP contribution in [-0.4, -0.2) is 0 Å². The van der Waals surface area contributed by atoms with Crippen LogP contribution in [0.5, 0.6) is 0 Å². The zero-order valence-electron chi connectivity index (χ0n) is 32.3. The molecule has 278 valence electrons. The van der Waals surface area contributed by atoms with Gasteiger partial charge >= 0.3 is 0 Å². The van der Waals surface area contributed by atoms with Crippen LogP contribution >= 0.6 is 11.3 Å². The Morgan fingerprint density at radius 2 is 1.12 bits per heavy atom. The molecule has 2 heteroatoms. The summed E-state index contributed by atoms with van der Waals surface area (Å²) in [7, 11) is 0. The van der Waals surface area contributed by atoms with Crippen LogP contribution in [0.1, 0.15) is 30.7 Å². The Morgan fingerprint density at radius 3 is 1.97 bits per heavy atom. The van der Waals surface area contributed by atoms with Crippen LogP contribution in [0, 0.1) is 11.8 Å². The third kappa shape index (κ3) is 6.26. The van der Waals surface area contributed by atoms with Crippen LogP contribution in [0.15, 0.2) is 206 Å². The second-order valence-electron chi connectivity index (χ2n) is 16.0. The summed E-state index contributed by atoms with van der Waals surface area (Å²) in [6, 6.07) is 67.5. The maximum Gasteiger partial charge on any atom is 0.0468 e. The van der Waals surface area contributed by atoms with E-state index in [0.717, 1.165) is 17.1 Å². The van der Waals surface area contributed by atoms with E-state index in [-0.39, 0.29) is 0 Å². The predicted octanol–water partition coefficient (Wildman–Crippen LogP) is 16.3. The second kappa shape index (κ2) is 14.8. The zero-order valence-corrected chi connectivity index (χ0v) is 33.2. The van der Waals surface area contributed by atoms with Crippen LogP contribution in [0.25, 0.3) is 64.3 Å². The van der Waals surface area contributed by atoms with E-state index in [9.17, 15) is 0 Å². The summed E-state index contributed by atoms with van der Waals surface area (Å²) in [5.41, 5.74) is 12.6. The third-order valence-electron chi connectivity index (χ3n) is 12.6. The average Bonchev–Trinajstić information content (AvgIpc) is 3.69. The van der Waals surface area contributed by atoms with E-state index in [2.05, 4.69) is 211 Å². The smallest absolute Gasteiger partial charge is 0.0468 e. The van der Waals surface area contributed by atoms with E-state index in [1.165, 1.54) is 89.2 Å². The average molecular weight is 762 g/mol. The molecule has 0 radical (unpaired) electrons. The molecule has 58 heavy (non-hydrogen) atoms. The monoisotopic (exact) mass is 761 g/mol. The molecule has 1 nitrogen and oxygen atoms in total. The normalized spacial score (nSPS) is 17.5. The Labute approximate surface area is 344 Å². The van der Waals surface area contributed by atoms with Gasteiger partial charge in [-0.1, -0.05) is 170 Å². The lowest BCUT2D eigenvalue weighted by molar-refractivity contribution is 0.291. The molecule has 11 rings (SSSR count). The first-order valence-corrected chi connectivity index (χ1v) is 21.5. The molecule has 3 atom stereocenters. The highest BCUT2D eigenvalue weighted by Gasteiger charge is 2.33. The van der Waals surface area contributed by atoms with Gasteiger partial charge in [-0.3, -0.25) is 0 Å². The Balaban J connectivity index is 0.979. The lowest BCUT2D eigenvalue weighted by Crippen LogP contribution is -2.25. The topological polar surface area (TPSA) is 3.24 Å². The molecule has 8 aromatic carbocycles. The standard InChI is InChI=1S/C56H43NS/c1-2-13-40(14-3-1)49-35-29-44(37-54(49)51-21-10-17-41-15-6-7-18-48(41)51)39-24-30-45(31-25-39)57(47-34-26-38-12-4-5-16-43(38)36-47)46-32-27-42(28-33-46)50-20-11-22-53-52-19-8-9-23-55(52)58-56(50)53/h1-9,11-16,18-20,22-37,41,48,51H,10,17,21H2. The van der Waals surface area contributed by atoms with Crippen molar-refractivity contribution in [1.82, 2.24) is 0 Å². The van der Waals surface area contributed by atoms with Crippen molar-refractivity contribution in [2.24, 2.45) is 11.8 Å². The van der Waals surface area contributed by atoms with Crippen molar-refractivity contribution in [1.29, 1.82) is 0 Å². The quantitative estimate of drug-likeness (QED) is 0.156. The number of thiophene rings is 1. The van der Waals surface area contributed by atoms with Crippen molar-refractivity contribution in [3.8, 4) is 33.4 Å². The number of fused-ring (bicyclic) bond motifs is 5. The molecule has 9 aromatic rings.